The molecule has 0 aliphatic carbocycles. The third kappa shape index (κ3) is 4.86. The van der Waals surface area contributed by atoms with Gasteiger partial charge in [-0.2, -0.15) is 0 Å². The number of nitrogens with one attached hydrogen (secondary N) is 1. The summed E-state index contributed by atoms with van der Waals surface area (Å²) in [5, 5.41) is 2.85. The minimum Gasteiger partial charge on any atom is -0.332 e. The second-order valence-corrected chi connectivity index (χ2v) is 6.91. The fraction of sp³-hybridized carbons (Fsp3) is 0.167. The summed E-state index contributed by atoms with van der Waals surface area (Å²) in [7, 11) is 0. The third-order valence-corrected chi connectivity index (χ3v) is 4.51. The van der Waals surface area contributed by atoms with E-state index in [-0.39, 0.29) is 17.9 Å². The van der Waals surface area contributed by atoms with E-state index >= 15 is 0 Å². The summed E-state index contributed by atoms with van der Waals surface area (Å²) < 4.78 is 0. The minimum atomic E-state index is -0.174. The Bertz CT molecular complexity index is 920. The topological polar surface area (TPSA) is 49.4 Å². The zero-order valence-electron chi connectivity index (χ0n) is 16.1. The van der Waals surface area contributed by atoms with Crippen molar-refractivity contribution in [3.63, 3.8) is 0 Å². The van der Waals surface area contributed by atoms with E-state index in [1.54, 1.807) is 36.4 Å². The van der Waals surface area contributed by atoms with Crippen molar-refractivity contribution in [3.8, 4) is 0 Å². The molecule has 0 spiro atoms. The number of carbonyl (C=O) groups is 2. The molecule has 3 rings (SSSR count). The molecule has 4 nitrogen and oxygen atoms in total. The molecule has 0 heterocycles. The monoisotopic (exact) mass is 372 g/mol. The first-order valence-corrected chi connectivity index (χ1v) is 9.36. The van der Waals surface area contributed by atoms with Crippen molar-refractivity contribution < 1.29 is 9.59 Å². The lowest BCUT2D eigenvalue weighted by Crippen LogP contribution is -2.36. The summed E-state index contributed by atoms with van der Waals surface area (Å²) in [6.07, 6.45) is 0. The van der Waals surface area contributed by atoms with E-state index in [9.17, 15) is 9.59 Å². The molecule has 0 atom stereocenters. The van der Waals surface area contributed by atoms with Crippen molar-refractivity contribution in [2.75, 3.05) is 5.32 Å². The summed E-state index contributed by atoms with van der Waals surface area (Å²) in [5.41, 5.74) is 2.94. The molecule has 28 heavy (non-hydrogen) atoms. The Morgan fingerprint density at radius 1 is 0.786 bits per heavy atom. The largest absolute Gasteiger partial charge is 0.332 e. The third-order valence-electron chi connectivity index (χ3n) is 4.51. The van der Waals surface area contributed by atoms with Crippen molar-refractivity contribution in [2.24, 2.45) is 0 Å². The van der Waals surface area contributed by atoms with Crippen LogP contribution in [0, 0.1) is 0 Å². The number of anilines is 1. The van der Waals surface area contributed by atoms with Gasteiger partial charge >= 0.3 is 0 Å². The zero-order chi connectivity index (χ0) is 19.9. The Morgan fingerprint density at radius 3 is 1.93 bits per heavy atom. The lowest BCUT2D eigenvalue weighted by molar-refractivity contribution is 0.0690. The lowest BCUT2D eigenvalue weighted by Gasteiger charge is -2.27. The van der Waals surface area contributed by atoms with Gasteiger partial charge in [-0.1, -0.05) is 48.5 Å². The van der Waals surface area contributed by atoms with Gasteiger partial charge in [0.1, 0.15) is 0 Å². The average Bonchev–Trinajstić information content (AvgIpc) is 2.73. The maximum atomic E-state index is 13.0. The van der Waals surface area contributed by atoms with Crippen molar-refractivity contribution in [1.82, 2.24) is 4.90 Å². The highest BCUT2D eigenvalue weighted by Gasteiger charge is 2.19. The highest BCUT2D eigenvalue weighted by Crippen LogP contribution is 2.16. The number of hydrogen-bond acceptors (Lipinski definition) is 2. The molecule has 0 fully saturated rings. The Morgan fingerprint density at radius 2 is 1.36 bits per heavy atom. The lowest BCUT2D eigenvalue weighted by atomic mass is 10.1. The van der Waals surface area contributed by atoms with Gasteiger partial charge in [-0.25, -0.2) is 0 Å². The Labute approximate surface area is 165 Å². The quantitative estimate of drug-likeness (QED) is 0.663. The van der Waals surface area contributed by atoms with Gasteiger partial charge in [0.15, 0.2) is 0 Å². The SMILES string of the molecule is CC(C)N(Cc1ccccc1)C(=O)c1ccc(NC(=O)c2ccccc2)cc1. The molecular formula is C24H24N2O2. The van der Waals surface area contributed by atoms with Crippen LogP contribution in [-0.2, 0) is 6.54 Å². The molecule has 0 aliphatic rings. The number of rotatable bonds is 6. The molecule has 2 amide bonds. The van der Waals surface area contributed by atoms with Gasteiger partial charge in [-0.3, -0.25) is 9.59 Å². The molecule has 0 saturated heterocycles. The normalized spacial score (nSPS) is 10.5. The Hall–Kier alpha value is -3.40. The first-order chi connectivity index (χ1) is 13.5. The van der Waals surface area contributed by atoms with Crippen LogP contribution < -0.4 is 5.32 Å². The van der Waals surface area contributed by atoms with Crippen molar-refractivity contribution in [2.45, 2.75) is 26.4 Å². The van der Waals surface area contributed by atoms with Gasteiger partial charge in [-0.05, 0) is 55.8 Å². The molecule has 0 saturated carbocycles. The predicted molar refractivity (Wildman–Crippen MR) is 112 cm³/mol. The first-order valence-electron chi connectivity index (χ1n) is 9.36. The molecular weight excluding hydrogens is 348 g/mol. The maximum Gasteiger partial charge on any atom is 0.255 e. The maximum absolute atomic E-state index is 13.0. The molecule has 4 heteroatoms. The molecule has 0 aliphatic heterocycles. The highest BCUT2D eigenvalue weighted by molar-refractivity contribution is 6.04. The molecule has 0 bridgehead atoms. The van der Waals surface area contributed by atoms with Gasteiger partial charge in [0.05, 0.1) is 0 Å². The van der Waals surface area contributed by atoms with Crippen LogP contribution in [0.1, 0.15) is 40.1 Å². The molecule has 3 aromatic rings. The molecule has 0 aromatic heterocycles. The molecule has 1 N–H and O–H groups in total. The first kappa shape index (κ1) is 19.4. The van der Waals surface area contributed by atoms with E-state index in [1.807, 2.05) is 67.3 Å². The van der Waals surface area contributed by atoms with Crippen LogP contribution in [0.4, 0.5) is 5.69 Å². The van der Waals surface area contributed by atoms with Crippen LogP contribution in [0.15, 0.2) is 84.9 Å². The van der Waals surface area contributed by atoms with Crippen molar-refractivity contribution in [3.05, 3.63) is 102 Å². The zero-order valence-corrected chi connectivity index (χ0v) is 16.1. The Kier molecular flexibility index (Phi) is 6.22. The number of amides is 2. The molecule has 0 unspecified atom stereocenters. The van der Waals surface area contributed by atoms with Crippen LogP contribution in [0.2, 0.25) is 0 Å². The molecule has 3 aromatic carbocycles. The number of hydrogen-bond donors (Lipinski definition) is 1. The number of nitrogens with zero attached hydrogens (tertiary/aromatic N) is 1. The smallest absolute Gasteiger partial charge is 0.255 e. The second-order valence-electron chi connectivity index (χ2n) is 6.91. The average molecular weight is 372 g/mol. The van der Waals surface area contributed by atoms with E-state index in [0.29, 0.717) is 23.4 Å². The standard InChI is InChI=1S/C24H24N2O2/c1-18(2)26(17-19-9-5-3-6-10-19)24(28)21-13-15-22(16-14-21)25-23(27)20-11-7-4-8-12-20/h3-16,18H,17H2,1-2H3,(H,25,27). The number of benzene rings is 3. The van der Waals surface area contributed by atoms with Gasteiger partial charge in [-0.15, -0.1) is 0 Å². The second kappa shape index (κ2) is 9.00. The fourth-order valence-electron chi connectivity index (χ4n) is 2.92. The van der Waals surface area contributed by atoms with Crippen LogP contribution in [0.5, 0.6) is 0 Å². The summed E-state index contributed by atoms with van der Waals surface area (Å²) in [6.45, 7) is 4.58. The van der Waals surface area contributed by atoms with E-state index in [4.69, 9.17) is 0 Å². The van der Waals surface area contributed by atoms with E-state index < -0.39 is 0 Å². The van der Waals surface area contributed by atoms with Gasteiger partial charge in [0.25, 0.3) is 11.8 Å². The van der Waals surface area contributed by atoms with E-state index in [2.05, 4.69) is 5.32 Å². The molecule has 0 radical (unpaired) electrons. The summed E-state index contributed by atoms with van der Waals surface area (Å²) >= 11 is 0. The van der Waals surface area contributed by atoms with Gasteiger partial charge in [0.2, 0.25) is 0 Å². The predicted octanol–water partition coefficient (Wildman–Crippen LogP) is 4.99. The van der Waals surface area contributed by atoms with Crippen LogP contribution >= 0.6 is 0 Å². The summed E-state index contributed by atoms with van der Waals surface area (Å²) in [6, 6.07) is 26.1. The number of carbonyl (C=O) groups excluding carboxylic acids is 2. The molecule has 142 valence electrons. The van der Waals surface area contributed by atoms with E-state index in [0.717, 1.165) is 5.56 Å². The van der Waals surface area contributed by atoms with Gasteiger partial charge in [0, 0.05) is 29.4 Å². The highest BCUT2D eigenvalue weighted by atomic mass is 16.2. The minimum absolute atomic E-state index is 0.0280. The Balaban J connectivity index is 1.70. The summed E-state index contributed by atoms with van der Waals surface area (Å²) in [4.78, 5) is 27.1. The fourth-order valence-corrected chi connectivity index (χ4v) is 2.92. The van der Waals surface area contributed by atoms with E-state index in [1.165, 1.54) is 0 Å². The van der Waals surface area contributed by atoms with Gasteiger partial charge < -0.3 is 10.2 Å². The van der Waals surface area contributed by atoms with Crippen LogP contribution in [-0.4, -0.2) is 22.8 Å². The van der Waals surface area contributed by atoms with Crippen LogP contribution in [0.3, 0.4) is 0 Å². The van der Waals surface area contributed by atoms with Crippen molar-refractivity contribution >= 4 is 17.5 Å². The van der Waals surface area contributed by atoms with Crippen molar-refractivity contribution in [1.29, 1.82) is 0 Å². The summed E-state index contributed by atoms with van der Waals surface area (Å²) in [5.74, 6) is -0.202. The van der Waals surface area contributed by atoms with Crippen LogP contribution in [0.25, 0.3) is 0 Å².